The second-order valence-electron chi connectivity index (χ2n) is 5.22. The maximum absolute atomic E-state index is 6.17. The van der Waals surface area contributed by atoms with Crippen LogP contribution >= 0.6 is 11.6 Å². The molecule has 2 rings (SSSR count). The van der Waals surface area contributed by atoms with Crippen molar-refractivity contribution in [2.45, 2.75) is 31.8 Å². The topological polar surface area (TPSA) is 24.5 Å². The van der Waals surface area contributed by atoms with Crippen molar-refractivity contribution in [1.82, 2.24) is 10.2 Å². The van der Waals surface area contributed by atoms with E-state index >= 15 is 0 Å². The van der Waals surface area contributed by atoms with E-state index in [2.05, 4.69) is 23.3 Å². The highest BCUT2D eigenvalue weighted by Crippen LogP contribution is 2.26. The van der Waals surface area contributed by atoms with Crippen LogP contribution in [0.3, 0.4) is 0 Å². The molecule has 1 saturated heterocycles. The Morgan fingerprint density at radius 3 is 2.95 bits per heavy atom. The molecular weight excluding hydrogens is 260 g/mol. The standard InChI is InChI=1S/C15H23ClN2O/c1-18(13-4-3-8-17-9-7-13)11-12-5-6-15(19-2)14(16)10-12/h5-6,10,13,17H,3-4,7-9,11H2,1-2H3. The summed E-state index contributed by atoms with van der Waals surface area (Å²) >= 11 is 6.17. The number of rotatable bonds is 4. The second-order valence-corrected chi connectivity index (χ2v) is 5.63. The van der Waals surface area contributed by atoms with Gasteiger partial charge in [-0.05, 0) is 57.1 Å². The van der Waals surface area contributed by atoms with Gasteiger partial charge in [-0.1, -0.05) is 17.7 Å². The summed E-state index contributed by atoms with van der Waals surface area (Å²) in [6.07, 6.45) is 3.76. The van der Waals surface area contributed by atoms with Gasteiger partial charge in [0.25, 0.3) is 0 Å². The van der Waals surface area contributed by atoms with Gasteiger partial charge in [0.1, 0.15) is 5.75 Å². The molecule has 0 spiro atoms. The first kappa shape index (κ1) is 14.6. The summed E-state index contributed by atoms with van der Waals surface area (Å²) in [5, 5.41) is 4.15. The minimum absolute atomic E-state index is 0.663. The lowest BCUT2D eigenvalue weighted by atomic mass is 10.1. The van der Waals surface area contributed by atoms with Crippen molar-refractivity contribution >= 4 is 11.6 Å². The molecule has 0 aromatic heterocycles. The first-order valence-electron chi connectivity index (χ1n) is 6.94. The van der Waals surface area contributed by atoms with Gasteiger partial charge in [0.15, 0.2) is 0 Å². The van der Waals surface area contributed by atoms with Crippen LogP contribution in [0.1, 0.15) is 24.8 Å². The van der Waals surface area contributed by atoms with Crippen LogP contribution in [0.4, 0.5) is 0 Å². The van der Waals surface area contributed by atoms with Gasteiger partial charge in [-0.25, -0.2) is 0 Å². The van der Waals surface area contributed by atoms with Crippen molar-refractivity contribution in [2.75, 3.05) is 27.2 Å². The Balaban J connectivity index is 1.97. The Kier molecular flexibility index (Phi) is 5.49. The van der Waals surface area contributed by atoms with Gasteiger partial charge in [-0.15, -0.1) is 0 Å². The lowest BCUT2D eigenvalue weighted by molar-refractivity contribution is 0.216. The molecule has 1 fully saturated rings. The summed E-state index contributed by atoms with van der Waals surface area (Å²) in [4.78, 5) is 2.44. The second kappa shape index (κ2) is 7.13. The maximum Gasteiger partial charge on any atom is 0.137 e. The number of ether oxygens (including phenoxy) is 1. The van der Waals surface area contributed by atoms with E-state index in [1.165, 1.54) is 24.8 Å². The molecule has 0 amide bonds. The molecule has 1 atom stereocenters. The van der Waals surface area contributed by atoms with E-state index in [0.29, 0.717) is 11.1 Å². The summed E-state index contributed by atoms with van der Waals surface area (Å²) in [5.41, 5.74) is 1.24. The van der Waals surface area contributed by atoms with Crippen LogP contribution < -0.4 is 10.1 Å². The fourth-order valence-electron chi connectivity index (χ4n) is 2.67. The summed E-state index contributed by atoms with van der Waals surface area (Å²) < 4.78 is 5.18. The Bertz CT molecular complexity index is 403. The molecular formula is C15H23ClN2O. The van der Waals surface area contributed by atoms with Crippen molar-refractivity contribution in [3.63, 3.8) is 0 Å². The summed E-state index contributed by atoms with van der Waals surface area (Å²) in [7, 11) is 3.85. The van der Waals surface area contributed by atoms with Crippen molar-refractivity contribution < 1.29 is 4.74 Å². The van der Waals surface area contributed by atoms with E-state index in [0.717, 1.165) is 25.4 Å². The van der Waals surface area contributed by atoms with Crippen molar-refractivity contribution in [2.24, 2.45) is 0 Å². The van der Waals surface area contributed by atoms with Gasteiger partial charge in [0, 0.05) is 12.6 Å². The van der Waals surface area contributed by atoms with Crippen LogP contribution in [0.5, 0.6) is 5.75 Å². The molecule has 1 unspecified atom stereocenters. The SMILES string of the molecule is COc1ccc(CN(C)C2CCCNCC2)cc1Cl. The summed E-state index contributed by atoms with van der Waals surface area (Å²) in [5.74, 6) is 0.742. The molecule has 3 nitrogen and oxygen atoms in total. The number of hydrogen-bond donors (Lipinski definition) is 1. The van der Waals surface area contributed by atoms with Gasteiger partial charge in [0.05, 0.1) is 12.1 Å². The minimum Gasteiger partial charge on any atom is -0.495 e. The highest BCUT2D eigenvalue weighted by molar-refractivity contribution is 6.32. The third-order valence-corrected chi connectivity index (χ3v) is 4.11. The molecule has 1 heterocycles. The molecule has 1 aromatic rings. The normalized spacial score (nSPS) is 20.3. The van der Waals surface area contributed by atoms with E-state index in [9.17, 15) is 0 Å². The van der Waals surface area contributed by atoms with Gasteiger partial charge in [-0.2, -0.15) is 0 Å². The molecule has 106 valence electrons. The molecule has 1 aliphatic heterocycles. The predicted octanol–water partition coefficient (Wildman–Crippen LogP) is 2.92. The molecule has 1 N–H and O–H groups in total. The van der Waals surface area contributed by atoms with Crippen LogP contribution in [0.15, 0.2) is 18.2 Å². The molecule has 0 aliphatic carbocycles. The third-order valence-electron chi connectivity index (χ3n) is 3.82. The zero-order valence-electron chi connectivity index (χ0n) is 11.8. The van der Waals surface area contributed by atoms with Crippen LogP contribution in [0, 0.1) is 0 Å². The number of benzene rings is 1. The summed E-state index contributed by atoms with van der Waals surface area (Å²) in [6.45, 7) is 3.21. The smallest absolute Gasteiger partial charge is 0.137 e. The highest BCUT2D eigenvalue weighted by Gasteiger charge is 2.17. The van der Waals surface area contributed by atoms with Crippen LogP contribution in [0.2, 0.25) is 5.02 Å². The number of nitrogens with one attached hydrogen (secondary N) is 1. The average molecular weight is 283 g/mol. The Morgan fingerprint density at radius 2 is 2.21 bits per heavy atom. The van der Waals surface area contributed by atoms with E-state index in [1.54, 1.807) is 7.11 Å². The lowest BCUT2D eigenvalue weighted by Crippen LogP contribution is -2.32. The van der Waals surface area contributed by atoms with E-state index in [4.69, 9.17) is 16.3 Å². The zero-order chi connectivity index (χ0) is 13.7. The predicted molar refractivity (Wildman–Crippen MR) is 80.0 cm³/mol. The quantitative estimate of drug-likeness (QED) is 0.919. The van der Waals surface area contributed by atoms with Gasteiger partial charge in [-0.3, -0.25) is 4.90 Å². The molecule has 1 aromatic carbocycles. The molecule has 4 heteroatoms. The van der Waals surface area contributed by atoms with Gasteiger partial charge >= 0.3 is 0 Å². The average Bonchev–Trinajstić information content (AvgIpc) is 2.68. The largest absolute Gasteiger partial charge is 0.495 e. The third kappa shape index (κ3) is 4.10. The lowest BCUT2D eigenvalue weighted by Gasteiger charge is -2.27. The van der Waals surface area contributed by atoms with E-state index in [1.807, 2.05) is 12.1 Å². The first-order chi connectivity index (χ1) is 9.20. The van der Waals surface area contributed by atoms with Crippen LogP contribution in [0.25, 0.3) is 0 Å². The van der Waals surface area contributed by atoms with E-state index < -0.39 is 0 Å². The van der Waals surface area contributed by atoms with Crippen LogP contribution in [-0.4, -0.2) is 38.2 Å². The number of nitrogens with zero attached hydrogens (tertiary/aromatic N) is 1. The Hall–Kier alpha value is -0.770. The van der Waals surface area contributed by atoms with Crippen molar-refractivity contribution in [3.05, 3.63) is 28.8 Å². The molecule has 0 bridgehead atoms. The van der Waals surface area contributed by atoms with Crippen LogP contribution in [-0.2, 0) is 6.54 Å². The van der Waals surface area contributed by atoms with Gasteiger partial charge < -0.3 is 10.1 Å². The number of methoxy groups -OCH3 is 1. The molecule has 0 saturated carbocycles. The Labute approximate surface area is 120 Å². The van der Waals surface area contributed by atoms with E-state index in [-0.39, 0.29) is 0 Å². The molecule has 1 aliphatic rings. The first-order valence-corrected chi connectivity index (χ1v) is 7.32. The number of halogens is 1. The fourth-order valence-corrected chi connectivity index (χ4v) is 2.95. The number of hydrogen-bond acceptors (Lipinski definition) is 3. The summed E-state index contributed by atoms with van der Waals surface area (Å²) in [6, 6.07) is 6.71. The molecule has 19 heavy (non-hydrogen) atoms. The van der Waals surface area contributed by atoms with Gasteiger partial charge in [0.2, 0.25) is 0 Å². The minimum atomic E-state index is 0.663. The zero-order valence-corrected chi connectivity index (χ0v) is 12.5. The molecule has 0 radical (unpaired) electrons. The monoisotopic (exact) mass is 282 g/mol. The fraction of sp³-hybridized carbons (Fsp3) is 0.600. The Morgan fingerprint density at radius 1 is 1.37 bits per heavy atom. The highest BCUT2D eigenvalue weighted by atomic mass is 35.5. The maximum atomic E-state index is 6.17. The van der Waals surface area contributed by atoms with Crippen molar-refractivity contribution in [3.8, 4) is 5.75 Å². The van der Waals surface area contributed by atoms with Crippen molar-refractivity contribution in [1.29, 1.82) is 0 Å².